The standard InChI is InChI=1S/C7H16N2/c1-4-5-6-8-7-9(2)3/h5-6,8H,4,7H2,1-3H3/b6-5-. The van der Waals surface area contributed by atoms with Gasteiger partial charge in [0.05, 0.1) is 6.67 Å². The van der Waals surface area contributed by atoms with Crippen LogP contribution in [0.2, 0.25) is 0 Å². The second-order valence-electron chi connectivity index (χ2n) is 2.25. The highest BCUT2D eigenvalue weighted by Crippen LogP contribution is 1.75. The van der Waals surface area contributed by atoms with Crippen molar-refractivity contribution >= 4 is 0 Å². The Kier molecular flexibility index (Phi) is 5.32. The zero-order valence-corrected chi connectivity index (χ0v) is 6.52. The molecule has 2 nitrogen and oxygen atoms in total. The summed E-state index contributed by atoms with van der Waals surface area (Å²) in [6.07, 6.45) is 5.18. The maximum Gasteiger partial charge on any atom is 0.0668 e. The summed E-state index contributed by atoms with van der Waals surface area (Å²) in [5.41, 5.74) is 0. The minimum Gasteiger partial charge on any atom is -0.378 e. The summed E-state index contributed by atoms with van der Waals surface area (Å²) in [5, 5.41) is 3.13. The number of allylic oxidation sites excluding steroid dienone is 1. The van der Waals surface area contributed by atoms with Gasteiger partial charge in [0.15, 0.2) is 0 Å². The molecule has 0 unspecified atom stereocenters. The first-order valence-corrected chi connectivity index (χ1v) is 3.30. The van der Waals surface area contributed by atoms with Crippen LogP contribution < -0.4 is 5.32 Å². The second kappa shape index (κ2) is 5.63. The summed E-state index contributed by atoms with van der Waals surface area (Å²) in [6, 6.07) is 0. The average molecular weight is 128 g/mol. The van der Waals surface area contributed by atoms with E-state index in [0.29, 0.717) is 0 Å². The molecule has 0 amide bonds. The van der Waals surface area contributed by atoms with Crippen molar-refractivity contribution in [3.8, 4) is 0 Å². The Morgan fingerprint density at radius 2 is 2.11 bits per heavy atom. The molecule has 0 saturated carbocycles. The topological polar surface area (TPSA) is 15.3 Å². The predicted octanol–water partition coefficient (Wildman–Crippen LogP) is 1.02. The Bertz CT molecular complexity index is 77.0. The highest BCUT2D eigenvalue weighted by Gasteiger charge is 1.80. The molecule has 2 heteroatoms. The van der Waals surface area contributed by atoms with Gasteiger partial charge in [0.2, 0.25) is 0 Å². The molecule has 0 aromatic carbocycles. The van der Waals surface area contributed by atoms with Crippen molar-refractivity contribution in [1.29, 1.82) is 0 Å². The Hall–Kier alpha value is -0.500. The van der Waals surface area contributed by atoms with Crippen molar-refractivity contribution in [2.24, 2.45) is 0 Å². The maximum atomic E-state index is 3.13. The van der Waals surface area contributed by atoms with Gasteiger partial charge in [-0.2, -0.15) is 0 Å². The molecule has 0 aromatic rings. The molecule has 0 aromatic heterocycles. The molecule has 0 heterocycles. The molecule has 0 aliphatic carbocycles. The van der Waals surface area contributed by atoms with Gasteiger partial charge in [-0.05, 0) is 26.7 Å². The Labute approximate surface area is 57.5 Å². The molecular formula is C7H16N2. The summed E-state index contributed by atoms with van der Waals surface area (Å²) in [6.45, 7) is 3.03. The van der Waals surface area contributed by atoms with Crippen molar-refractivity contribution in [2.75, 3.05) is 20.8 Å². The summed E-state index contributed by atoms with van der Waals surface area (Å²) < 4.78 is 0. The zero-order chi connectivity index (χ0) is 7.11. The molecule has 0 fully saturated rings. The second-order valence-corrected chi connectivity index (χ2v) is 2.25. The van der Waals surface area contributed by atoms with E-state index >= 15 is 0 Å². The lowest BCUT2D eigenvalue weighted by Crippen LogP contribution is -2.23. The third kappa shape index (κ3) is 7.50. The third-order valence-electron chi connectivity index (χ3n) is 0.879. The highest BCUT2D eigenvalue weighted by atomic mass is 15.2. The molecule has 0 atom stereocenters. The van der Waals surface area contributed by atoms with Crippen LogP contribution in [0.25, 0.3) is 0 Å². The Balaban J connectivity index is 2.99. The monoisotopic (exact) mass is 128 g/mol. The predicted molar refractivity (Wildman–Crippen MR) is 41.1 cm³/mol. The van der Waals surface area contributed by atoms with Crippen LogP contribution in [0, 0.1) is 0 Å². The van der Waals surface area contributed by atoms with E-state index in [4.69, 9.17) is 0 Å². The van der Waals surface area contributed by atoms with Crippen molar-refractivity contribution in [3.05, 3.63) is 12.3 Å². The minimum absolute atomic E-state index is 0.913. The van der Waals surface area contributed by atoms with Crippen LogP contribution in [0.15, 0.2) is 12.3 Å². The van der Waals surface area contributed by atoms with Crippen molar-refractivity contribution < 1.29 is 0 Å². The van der Waals surface area contributed by atoms with Crippen LogP contribution in [-0.2, 0) is 0 Å². The van der Waals surface area contributed by atoms with Gasteiger partial charge in [0, 0.05) is 0 Å². The van der Waals surface area contributed by atoms with Crippen LogP contribution in [-0.4, -0.2) is 25.7 Å². The van der Waals surface area contributed by atoms with Crippen LogP contribution >= 0.6 is 0 Å². The number of hydrogen-bond donors (Lipinski definition) is 1. The smallest absolute Gasteiger partial charge is 0.0668 e. The molecular weight excluding hydrogens is 112 g/mol. The van der Waals surface area contributed by atoms with Gasteiger partial charge in [0.1, 0.15) is 0 Å². The quantitative estimate of drug-likeness (QED) is 0.569. The molecule has 1 N–H and O–H groups in total. The van der Waals surface area contributed by atoms with Crippen LogP contribution in [0.4, 0.5) is 0 Å². The minimum atomic E-state index is 0.913. The van der Waals surface area contributed by atoms with E-state index in [9.17, 15) is 0 Å². The zero-order valence-electron chi connectivity index (χ0n) is 6.52. The molecule has 0 spiro atoms. The molecule has 0 saturated heterocycles. The number of nitrogens with one attached hydrogen (secondary N) is 1. The van der Waals surface area contributed by atoms with Crippen LogP contribution in [0.1, 0.15) is 13.3 Å². The van der Waals surface area contributed by atoms with E-state index in [2.05, 4.69) is 23.2 Å². The normalized spacial score (nSPS) is 11.1. The fourth-order valence-electron chi connectivity index (χ4n) is 0.436. The van der Waals surface area contributed by atoms with Gasteiger partial charge in [0.25, 0.3) is 0 Å². The summed E-state index contributed by atoms with van der Waals surface area (Å²) in [4.78, 5) is 2.08. The lowest BCUT2D eigenvalue weighted by molar-refractivity contribution is 0.393. The molecule has 54 valence electrons. The fraction of sp³-hybridized carbons (Fsp3) is 0.714. The van der Waals surface area contributed by atoms with E-state index < -0.39 is 0 Å². The lowest BCUT2D eigenvalue weighted by Gasteiger charge is -2.07. The average Bonchev–Trinajstić information content (AvgIpc) is 1.80. The maximum absolute atomic E-state index is 3.13. The van der Waals surface area contributed by atoms with Crippen molar-refractivity contribution in [1.82, 2.24) is 10.2 Å². The Morgan fingerprint density at radius 1 is 1.44 bits per heavy atom. The third-order valence-corrected chi connectivity index (χ3v) is 0.879. The van der Waals surface area contributed by atoms with E-state index in [-0.39, 0.29) is 0 Å². The van der Waals surface area contributed by atoms with E-state index in [1.165, 1.54) is 0 Å². The molecule has 0 radical (unpaired) electrons. The SMILES string of the molecule is CC/C=C\NCN(C)C. The first-order valence-electron chi connectivity index (χ1n) is 3.30. The highest BCUT2D eigenvalue weighted by molar-refractivity contribution is 4.76. The summed E-state index contributed by atoms with van der Waals surface area (Å²) in [7, 11) is 4.07. The van der Waals surface area contributed by atoms with E-state index in [0.717, 1.165) is 13.1 Å². The van der Waals surface area contributed by atoms with Gasteiger partial charge in [-0.1, -0.05) is 13.0 Å². The van der Waals surface area contributed by atoms with Crippen LogP contribution in [0.3, 0.4) is 0 Å². The first-order chi connectivity index (χ1) is 4.27. The Morgan fingerprint density at radius 3 is 2.56 bits per heavy atom. The molecule has 9 heavy (non-hydrogen) atoms. The van der Waals surface area contributed by atoms with Gasteiger partial charge in [-0.3, -0.25) is 4.90 Å². The van der Waals surface area contributed by atoms with Crippen molar-refractivity contribution in [2.45, 2.75) is 13.3 Å². The van der Waals surface area contributed by atoms with Crippen LogP contribution in [0.5, 0.6) is 0 Å². The lowest BCUT2D eigenvalue weighted by atomic mass is 10.5. The summed E-state index contributed by atoms with van der Waals surface area (Å²) in [5.74, 6) is 0. The summed E-state index contributed by atoms with van der Waals surface area (Å²) >= 11 is 0. The molecule has 0 aliphatic heterocycles. The van der Waals surface area contributed by atoms with Gasteiger partial charge >= 0.3 is 0 Å². The number of hydrogen-bond acceptors (Lipinski definition) is 2. The van der Waals surface area contributed by atoms with Crippen molar-refractivity contribution in [3.63, 3.8) is 0 Å². The van der Waals surface area contributed by atoms with E-state index in [1.54, 1.807) is 0 Å². The fourth-order valence-corrected chi connectivity index (χ4v) is 0.436. The van der Waals surface area contributed by atoms with Gasteiger partial charge in [-0.25, -0.2) is 0 Å². The number of nitrogens with zero attached hydrogens (tertiary/aromatic N) is 1. The van der Waals surface area contributed by atoms with E-state index in [1.807, 2.05) is 20.3 Å². The van der Waals surface area contributed by atoms with Gasteiger partial charge < -0.3 is 5.32 Å². The van der Waals surface area contributed by atoms with Gasteiger partial charge in [-0.15, -0.1) is 0 Å². The molecule has 0 bridgehead atoms. The first kappa shape index (κ1) is 8.50. The molecule has 0 aliphatic rings. The molecule has 0 rings (SSSR count). The largest absolute Gasteiger partial charge is 0.378 e. The number of rotatable bonds is 4.